The zero-order valence-electron chi connectivity index (χ0n) is 16.2. The van der Waals surface area contributed by atoms with E-state index in [0.717, 1.165) is 43.8 Å². The summed E-state index contributed by atoms with van der Waals surface area (Å²) in [6, 6.07) is 8.44. The van der Waals surface area contributed by atoms with E-state index in [1.807, 2.05) is 13.1 Å². The minimum absolute atomic E-state index is 0. The first-order valence-electron chi connectivity index (χ1n) is 9.94. The predicted octanol–water partition coefficient (Wildman–Crippen LogP) is 4.46. The molecule has 1 aromatic rings. The molecule has 4 nitrogen and oxygen atoms in total. The Hall–Kier alpha value is -0.530. The fourth-order valence-electron chi connectivity index (χ4n) is 5.11. The van der Waals surface area contributed by atoms with Crippen LogP contribution in [0, 0.1) is 5.41 Å². The summed E-state index contributed by atoms with van der Waals surface area (Å²) in [5.74, 6) is 1.04. The Labute approximate surface area is 185 Å². The van der Waals surface area contributed by atoms with E-state index in [1.54, 1.807) is 0 Å². The van der Waals surface area contributed by atoms with Crippen LogP contribution in [0.5, 0.6) is 0 Å². The van der Waals surface area contributed by atoms with Gasteiger partial charge in [0.05, 0.1) is 6.61 Å². The first-order valence-corrected chi connectivity index (χ1v) is 10.3. The van der Waals surface area contributed by atoms with Crippen molar-refractivity contribution in [1.82, 2.24) is 10.2 Å². The molecule has 0 amide bonds. The third-order valence-corrected chi connectivity index (χ3v) is 6.95. The maximum atomic E-state index is 6.28. The average Bonchev–Trinajstić information content (AvgIpc) is 3.39. The highest BCUT2D eigenvalue weighted by atomic mass is 127. The minimum Gasteiger partial charge on any atom is -0.381 e. The average molecular weight is 504 g/mol. The Bertz CT molecular complexity index is 669. The van der Waals surface area contributed by atoms with Crippen molar-refractivity contribution in [3.63, 3.8) is 0 Å². The van der Waals surface area contributed by atoms with Gasteiger partial charge in [-0.2, -0.15) is 0 Å². The number of rotatable bonds is 3. The number of ether oxygens (including phenoxy) is 1. The molecule has 150 valence electrons. The van der Waals surface area contributed by atoms with Crippen LogP contribution in [0.1, 0.15) is 44.1 Å². The zero-order valence-corrected chi connectivity index (χ0v) is 19.3. The number of aliphatic imine (C=N–C) groups is 1. The predicted molar refractivity (Wildman–Crippen MR) is 122 cm³/mol. The topological polar surface area (TPSA) is 36.9 Å². The van der Waals surface area contributed by atoms with Crippen LogP contribution in [0.3, 0.4) is 0 Å². The van der Waals surface area contributed by atoms with E-state index in [9.17, 15) is 0 Å². The molecule has 3 aliphatic rings. The van der Waals surface area contributed by atoms with Crippen LogP contribution in [0.2, 0.25) is 5.02 Å². The molecule has 3 fully saturated rings. The van der Waals surface area contributed by atoms with Gasteiger partial charge in [0.1, 0.15) is 0 Å². The molecule has 1 aromatic carbocycles. The smallest absolute Gasteiger partial charge is 0.193 e. The van der Waals surface area contributed by atoms with Crippen LogP contribution < -0.4 is 5.32 Å². The Morgan fingerprint density at radius 3 is 2.74 bits per heavy atom. The lowest BCUT2D eigenvalue weighted by molar-refractivity contribution is 0.156. The first kappa shape index (κ1) is 21.2. The number of benzene rings is 1. The summed E-state index contributed by atoms with van der Waals surface area (Å²) >= 11 is 6.28. The van der Waals surface area contributed by atoms with Crippen molar-refractivity contribution >= 4 is 41.5 Å². The van der Waals surface area contributed by atoms with Crippen molar-refractivity contribution in [3.05, 3.63) is 34.9 Å². The van der Waals surface area contributed by atoms with Gasteiger partial charge >= 0.3 is 0 Å². The molecule has 0 radical (unpaired) electrons. The fraction of sp³-hybridized carbons (Fsp3) is 0.667. The van der Waals surface area contributed by atoms with Crippen LogP contribution in [0.15, 0.2) is 29.3 Å². The molecule has 4 rings (SSSR count). The molecular formula is C21H31ClIN3O. The van der Waals surface area contributed by atoms with Gasteiger partial charge in [0, 0.05) is 49.1 Å². The van der Waals surface area contributed by atoms with Crippen molar-refractivity contribution in [2.45, 2.75) is 43.9 Å². The van der Waals surface area contributed by atoms with Gasteiger partial charge in [-0.05, 0) is 43.4 Å². The van der Waals surface area contributed by atoms with E-state index in [2.05, 4.69) is 33.4 Å². The maximum absolute atomic E-state index is 6.28. The van der Waals surface area contributed by atoms with Crippen molar-refractivity contribution in [3.8, 4) is 0 Å². The Morgan fingerprint density at radius 2 is 2.07 bits per heavy atom. The van der Waals surface area contributed by atoms with E-state index in [0.29, 0.717) is 5.41 Å². The van der Waals surface area contributed by atoms with Crippen molar-refractivity contribution in [2.24, 2.45) is 10.4 Å². The summed E-state index contributed by atoms with van der Waals surface area (Å²) in [6.45, 7) is 4.90. The van der Waals surface area contributed by atoms with Gasteiger partial charge in [-0.25, -0.2) is 0 Å². The fourth-order valence-corrected chi connectivity index (χ4v) is 5.30. The second-order valence-electron chi connectivity index (χ2n) is 8.37. The monoisotopic (exact) mass is 503 g/mol. The summed E-state index contributed by atoms with van der Waals surface area (Å²) in [4.78, 5) is 7.02. The largest absolute Gasteiger partial charge is 0.381 e. The molecule has 2 saturated heterocycles. The van der Waals surface area contributed by atoms with Crippen LogP contribution in [-0.4, -0.2) is 50.8 Å². The minimum atomic E-state index is 0. The lowest BCUT2D eigenvalue weighted by Gasteiger charge is -2.33. The number of nitrogens with zero attached hydrogens (tertiary/aromatic N) is 2. The van der Waals surface area contributed by atoms with Gasteiger partial charge in [0.15, 0.2) is 5.96 Å². The van der Waals surface area contributed by atoms with Gasteiger partial charge in [0.25, 0.3) is 0 Å². The van der Waals surface area contributed by atoms with Gasteiger partial charge in [-0.15, -0.1) is 24.0 Å². The number of halogens is 2. The number of hydrogen-bond donors (Lipinski definition) is 1. The lowest BCUT2D eigenvalue weighted by Crippen LogP contribution is -2.46. The Balaban J connectivity index is 0.00000210. The highest BCUT2D eigenvalue weighted by Gasteiger charge is 2.43. The molecule has 2 aliphatic heterocycles. The second kappa shape index (κ2) is 8.87. The van der Waals surface area contributed by atoms with Gasteiger partial charge in [-0.3, -0.25) is 4.99 Å². The molecule has 0 aromatic heterocycles. The first-order chi connectivity index (χ1) is 12.6. The summed E-state index contributed by atoms with van der Waals surface area (Å²) < 4.78 is 5.67. The normalized spacial score (nSPS) is 27.2. The lowest BCUT2D eigenvalue weighted by atomic mass is 9.79. The molecule has 0 bridgehead atoms. The summed E-state index contributed by atoms with van der Waals surface area (Å²) in [6.07, 6.45) is 7.41. The standard InChI is InChI=1S/C21H30ClN3O.HI/c1-23-19(25-11-9-20(15-25)10-12-26-16-20)24-14-21(7-2-3-8-21)17-5-4-6-18(22)13-17;/h4-6,13H,2-3,7-12,14-16H2,1H3,(H,23,24);1H. The molecule has 1 spiro atoms. The van der Waals surface area contributed by atoms with Crippen molar-refractivity contribution in [2.75, 3.05) is 39.9 Å². The van der Waals surface area contributed by atoms with Crippen molar-refractivity contribution in [1.29, 1.82) is 0 Å². The third kappa shape index (κ3) is 4.40. The maximum Gasteiger partial charge on any atom is 0.193 e. The van der Waals surface area contributed by atoms with Crippen LogP contribution in [-0.2, 0) is 10.2 Å². The highest BCUT2D eigenvalue weighted by molar-refractivity contribution is 14.0. The van der Waals surface area contributed by atoms with E-state index in [-0.39, 0.29) is 29.4 Å². The number of guanidine groups is 1. The molecule has 1 unspecified atom stereocenters. The summed E-state index contributed by atoms with van der Waals surface area (Å²) in [5.41, 5.74) is 1.90. The molecule has 1 saturated carbocycles. The van der Waals surface area contributed by atoms with Gasteiger partial charge < -0.3 is 15.0 Å². The molecule has 27 heavy (non-hydrogen) atoms. The van der Waals surface area contributed by atoms with E-state index in [4.69, 9.17) is 16.3 Å². The Morgan fingerprint density at radius 1 is 1.26 bits per heavy atom. The zero-order chi connectivity index (χ0) is 18.0. The second-order valence-corrected chi connectivity index (χ2v) is 8.81. The van der Waals surface area contributed by atoms with Crippen molar-refractivity contribution < 1.29 is 4.74 Å². The van der Waals surface area contributed by atoms with E-state index < -0.39 is 0 Å². The van der Waals surface area contributed by atoms with Crippen LogP contribution >= 0.6 is 35.6 Å². The SMILES string of the molecule is CN=C(NCC1(c2cccc(Cl)c2)CCCC1)N1CCC2(CCOC2)C1.I. The third-order valence-electron chi connectivity index (χ3n) is 6.72. The molecule has 1 N–H and O–H groups in total. The number of likely N-dealkylation sites (tertiary alicyclic amines) is 1. The summed E-state index contributed by atoms with van der Waals surface area (Å²) in [5, 5.41) is 4.54. The molecule has 2 heterocycles. The molecule has 6 heteroatoms. The van der Waals surface area contributed by atoms with Gasteiger partial charge in [-0.1, -0.05) is 36.6 Å². The van der Waals surface area contributed by atoms with E-state index >= 15 is 0 Å². The van der Waals surface area contributed by atoms with E-state index in [1.165, 1.54) is 44.1 Å². The van der Waals surface area contributed by atoms with Gasteiger partial charge in [0.2, 0.25) is 0 Å². The molecule has 1 atom stereocenters. The number of nitrogens with one attached hydrogen (secondary N) is 1. The Kier molecular flexibility index (Phi) is 6.96. The molecular weight excluding hydrogens is 473 g/mol. The number of hydrogen-bond acceptors (Lipinski definition) is 2. The van der Waals surface area contributed by atoms with Crippen LogP contribution in [0.4, 0.5) is 0 Å². The van der Waals surface area contributed by atoms with Crippen LogP contribution in [0.25, 0.3) is 0 Å². The summed E-state index contributed by atoms with van der Waals surface area (Å²) in [7, 11) is 1.90. The molecule has 1 aliphatic carbocycles. The quantitative estimate of drug-likeness (QED) is 0.376. The highest BCUT2D eigenvalue weighted by Crippen LogP contribution is 2.42.